The van der Waals surface area contributed by atoms with E-state index in [9.17, 15) is 31.1 Å². The molecule has 0 aliphatic carbocycles. The molecule has 0 aliphatic rings. The molecule has 0 aromatic heterocycles. The lowest BCUT2D eigenvalue weighted by atomic mass is 10.0. The second kappa shape index (κ2) is 21.1. The van der Waals surface area contributed by atoms with E-state index in [2.05, 4.69) is 5.32 Å². The van der Waals surface area contributed by atoms with Crippen LogP contribution < -0.4 is 5.32 Å². The van der Waals surface area contributed by atoms with Gasteiger partial charge in [-0.3, -0.25) is 4.79 Å². The topological polar surface area (TPSA) is 58.6 Å². The summed E-state index contributed by atoms with van der Waals surface area (Å²) in [5, 5.41) is 11.8. The fraction of sp³-hybridized carbons (Fsp3) is 0.960. The van der Waals surface area contributed by atoms with Crippen molar-refractivity contribution in [2.24, 2.45) is 0 Å². The van der Waals surface area contributed by atoms with Gasteiger partial charge in [0.15, 0.2) is 0 Å². The highest BCUT2D eigenvalue weighted by Crippen LogP contribution is 2.25. The van der Waals surface area contributed by atoms with Crippen LogP contribution in [0, 0.1) is 0 Å². The molecule has 0 amide bonds. The van der Waals surface area contributed by atoms with Gasteiger partial charge in [-0.05, 0) is 57.9 Å². The predicted octanol–water partition coefficient (Wildman–Crippen LogP) is 7.63. The van der Waals surface area contributed by atoms with Crippen LogP contribution in [-0.4, -0.2) is 49.2 Å². The first-order chi connectivity index (χ1) is 16.5. The molecule has 0 spiro atoms. The number of ether oxygens (including phenoxy) is 1. The number of nitrogens with one attached hydrogen (secondary N) is 1. The van der Waals surface area contributed by atoms with Crippen LogP contribution in [0.5, 0.6) is 0 Å². The Morgan fingerprint density at radius 2 is 1.11 bits per heavy atom. The van der Waals surface area contributed by atoms with Gasteiger partial charge in [-0.1, -0.05) is 44.9 Å². The molecule has 0 radical (unpaired) electrons. The highest BCUT2D eigenvalue weighted by atomic mass is 19.4. The molecule has 2 N–H and O–H groups in total. The van der Waals surface area contributed by atoms with Crippen molar-refractivity contribution in [1.29, 1.82) is 0 Å². The maximum Gasteiger partial charge on any atom is 0.389 e. The number of hydrogen-bond donors (Lipinski definition) is 2. The Kier molecular flexibility index (Phi) is 20.5. The molecule has 0 saturated carbocycles. The highest BCUT2D eigenvalue weighted by molar-refractivity contribution is 5.69. The van der Waals surface area contributed by atoms with E-state index in [4.69, 9.17) is 9.84 Å². The summed E-state index contributed by atoms with van der Waals surface area (Å²) in [6.07, 6.45) is -0.346. The number of carbonyl (C=O) groups excluding carboxylic acids is 1. The van der Waals surface area contributed by atoms with Crippen LogP contribution in [0.3, 0.4) is 0 Å². The van der Waals surface area contributed by atoms with Crippen LogP contribution in [0.25, 0.3) is 0 Å². The van der Waals surface area contributed by atoms with Crippen molar-refractivity contribution in [2.45, 2.75) is 134 Å². The molecule has 1 unspecified atom stereocenters. The summed E-state index contributed by atoms with van der Waals surface area (Å²) in [6.45, 7) is 1.57. The first-order valence-electron chi connectivity index (χ1n) is 13.2. The van der Waals surface area contributed by atoms with Crippen molar-refractivity contribution in [1.82, 2.24) is 5.32 Å². The van der Waals surface area contributed by atoms with E-state index in [1.165, 1.54) is 0 Å². The summed E-state index contributed by atoms with van der Waals surface area (Å²) in [7, 11) is 0. The van der Waals surface area contributed by atoms with Gasteiger partial charge in [-0.15, -0.1) is 0 Å². The molecule has 210 valence electrons. The number of hydrogen-bond acceptors (Lipinski definition) is 4. The molecule has 0 aliphatic heterocycles. The van der Waals surface area contributed by atoms with Crippen LogP contribution in [-0.2, 0) is 9.53 Å². The Balaban J connectivity index is 4.13. The number of aliphatic hydroxyl groups excluding tert-OH is 1. The average molecular weight is 522 g/mol. The van der Waals surface area contributed by atoms with Crippen molar-refractivity contribution in [3.05, 3.63) is 0 Å². The monoisotopic (exact) mass is 521 g/mol. The van der Waals surface area contributed by atoms with E-state index in [1.807, 2.05) is 0 Å². The average Bonchev–Trinajstić information content (AvgIpc) is 2.75. The molecular weight excluding hydrogens is 476 g/mol. The normalized spacial score (nSPS) is 13.2. The van der Waals surface area contributed by atoms with Gasteiger partial charge in [-0.25, -0.2) is 0 Å². The zero-order valence-corrected chi connectivity index (χ0v) is 21.0. The summed E-state index contributed by atoms with van der Waals surface area (Å²) in [5.41, 5.74) is 0. The molecule has 0 heterocycles. The van der Waals surface area contributed by atoms with Crippen molar-refractivity contribution in [2.75, 3.05) is 19.7 Å². The van der Waals surface area contributed by atoms with Crippen molar-refractivity contribution < 1.29 is 41.0 Å². The Morgan fingerprint density at radius 1 is 0.657 bits per heavy atom. The number of unbranched alkanes of at least 4 members (excludes halogenated alkanes) is 10. The van der Waals surface area contributed by atoms with E-state index in [0.29, 0.717) is 51.5 Å². The highest BCUT2D eigenvalue weighted by Gasteiger charge is 2.26. The van der Waals surface area contributed by atoms with E-state index >= 15 is 0 Å². The molecular formula is C25H45F6NO3. The van der Waals surface area contributed by atoms with Crippen LogP contribution in [0.1, 0.15) is 116 Å². The zero-order chi connectivity index (χ0) is 26.4. The van der Waals surface area contributed by atoms with Gasteiger partial charge < -0.3 is 15.2 Å². The number of aliphatic hydroxyl groups is 1. The van der Waals surface area contributed by atoms with E-state index in [-0.39, 0.29) is 31.5 Å². The minimum Gasteiger partial charge on any atom is -0.462 e. The minimum atomic E-state index is -4.16. The lowest BCUT2D eigenvalue weighted by Crippen LogP contribution is -2.19. The lowest BCUT2D eigenvalue weighted by Gasteiger charge is -2.18. The Morgan fingerprint density at radius 3 is 1.66 bits per heavy atom. The molecule has 0 saturated heterocycles. The van der Waals surface area contributed by atoms with Gasteiger partial charge in [0.05, 0.1) is 6.61 Å². The Bertz CT molecular complexity index is 501. The summed E-state index contributed by atoms with van der Waals surface area (Å²) in [4.78, 5) is 12.2. The largest absolute Gasteiger partial charge is 0.462 e. The van der Waals surface area contributed by atoms with E-state index in [0.717, 1.165) is 51.5 Å². The third kappa shape index (κ3) is 27.4. The maximum atomic E-state index is 12.3. The number of halogens is 6. The van der Waals surface area contributed by atoms with E-state index in [1.54, 1.807) is 0 Å². The summed E-state index contributed by atoms with van der Waals surface area (Å²) < 4.78 is 79.0. The van der Waals surface area contributed by atoms with Gasteiger partial charge in [0.2, 0.25) is 0 Å². The first kappa shape index (κ1) is 34.0. The number of carbonyl (C=O) groups is 1. The smallest absolute Gasteiger partial charge is 0.389 e. The maximum absolute atomic E-state index is 12.3. The lowest BCUT2D eigenvalue weighted by molar-refractivity contribution is -0.150. The number of alkyl halides is 6. The molecule has 10 heteroatoms. The molecule has 4 nitrogen and oxygen atoms in total. The minimum absolute atomic E-state index is 0.0545. The van der Waals surface area contributed by atoms with Gasteiger partial charge >= 0.3 is 18.3 Å². The molecule has 1 atom stereocenters. The second-order valence-corrected chi connectivity index (χ2v) is 9.24. The fourth-order valence-electron chi connectivity index (χ4n) is 3.86. The zero-order valence-electron chi connectivity index (χ0n) is 21.0. The Labute approximate surface area is 206 Å². The number of esters is 1. The summed E-state index contributed by atoms with van der Waals surface area (Å²) >= 11 is 0. The van der Waals surface area contributed by atoms with Crippen LogP contribution in [0.15, 0.2) is 0 Å². The molecule has 0 aromatic carbocycles. The molecule has 35 heavy (non-hydrogen) atoms. The van der Waals surface area contributed by atoms with Crippen molar-refractivity contribution in [3.8, 4) is 0 Å². The fourth-order valence-corrected chi connectivity index (χ4v) is 3.86. The van der Waals surface area contributed by atoms with Crippen LogP contribution in [0.2, 0.25) is 0 Å². The third-order valence-electron chi connectivity index (χ3n) is 5.79. The quantitative estimate of drug-likeness (QED) is 0.0825. The van der Waals surface area contributed by atoms with Crippen molar-refractivity contribution in [3.63, 3.8) is 0 Å². The van der Waals surface area contributed by atoms with Crippen molar-refractivity contribution >= 4 is 5.97 Å². The summed E-state index contributed by atoms with van der Waals surface area (Å²) in [5.74, 6) is -0.292. The molecule has 0 aromatic rings. The van der Waals surface area contributed by atoms with Gasteiger partial charge in [0.25, 0.3) is 0 Å². The SMILES string of the molecule is O=C(CCCCCCCNCCO)OC(CCCCCCCC(F)(F)F)CCCCCC(F)(F)F. The summed E-state index contributed by atoms with van der Waals surface area (Å²) in [6, 6.07) is 0. The first-order valence-corrected chi connectivity index (χ1v) is 13.2. The standard InChI is InChI=1S/C25H45F6NO3/c26-24(27,28)17-11-5-1-3-8-14-22(15-9-7-12-18-25(29,30)31)35-23(34)16-10-4-2-6-13-19-32-20-21-33/h22,32-33H,1-21H2. The van der Waals surface area contributed by atoms with Crippen LogP contribution >= 0.6 is 0 Å². The van der Waals surface area contributed by atoms with Gasteiger partial charge in [-0.2, -0.15) is 26.3 Å². The molecule has 0 bridgehead atoms. The van der Waals surface area contributed by atoms with E-state index < -0.39 is 25.2 Å². The second-order valence-electron chi connectivity index (χ2n) is 9.24. The predicted molar refractivity (Wildman–Crippen MR) is 125 cm³/mol. The Hall–Kier alpha value is -1.03. The third-order valence-corrected chi connectivity index (χ3v) is 5.79. The van der Waals surface area contributed by atoms with Gasteiger partial charge in [0, 0.05) is 25.8 Å². The van der Waals surface area contributed by atoms with Gasteiger partial charge in [0.1, 0.15) is 6.10 Å². The van der Waals surface area contributed by atoms with Crippen LogP contribution in [0.4, 0.5) is 26.3 Å². The molecule has 0 fully saturated rings. The number of rotatable bonds is 23. The molecule has 0 rings (SSSR count).